The summed E-state index contributed by atoms with van der Waals surface area (Å²) >= 11 is 0. The quantitative estimate of drug-likeness (QED) is 0.0943. The predicted molar refractivity (Wildman–Crippen MR) is 149 cm³/mol. The second-order valence-corrected chi connectivity index (χ2v) is 10.2. The summed E-state index contributed by atoms with van der Waals surface area (Å²) in [7, 11) is 0. The average Bonchev–Trinajstić information content (AvgIpc) is 2.87. The number of ether oxygens (including phenoxy) is 1. The van der Waals surface area contributed by atoms with Crippen LogP contribution in [0.2, 0.25) is 0 Å². The van der Waals surface area contributed by atoms with Crippen molar-refractivity contribution in [2.24, 2.45) is 0 Å². The van der Waals surface area contributed by atoms with E-state index in [1.165, 1.54) is 44.9 Å². The summed E-state index contributed by atoms with van der Waals surface area (Å²) in [4.78, 5) is 46.0. The lowest BCUT2D eigenvalue weighted by atomic mass is 10.0. The van der Waals surface area contributed by atoms with E-state index in [1.807, 2.05) is 6.92 Å². The molecule has 0 fully saturated rings. The fraction of sp³-hybridized carbons (Fsp3) is 0.862. The Labute approximate surface area is 229 Å². The fourth-order valence-electron chi connectivity index (χ4n) is 4.22. The highest BCUT2D eigenvalue weighted by Crippen LogP contribution is 2.14. The third-order valence-electron chi connectivity index (χ3n) is 6.47. The molecule has 0 aromatic heterocycles. The lowest BCUT2D eigenvalue weighted by Gasteiger charge is -2.14. The average molecular weight is 543 g/mol. The van der Waals surface area contributed by atoms with Crippen LogP contribution in [0.1, 0.15) is 135 Å². The van der Waals surface area contributed by atoms with Crippen molar-refractivity contribution in [3.05, 3.63) is 0 Å². The molecule has 9 heteroatoms. The van der Waals surface area contributed by atoms with Crippen LogP contribution >= 0.6 is 0 Å². The van der Waals surface area contributed by atoms with Gasteiger partial charge in [0.15, 0.2) is 0 Å². The van der Waals surface area contributed by atoms with E-state index < -0.39 is 18.0 Å². The fourth-order valence-corrected chi connectivity index (χ4v) is 4.22. The Morgan fingerprint density at radius 3 is 1.61 bits per heavy atom. The molecule has 4 N–H and O–H groups in total. The van der Waals surface area contributed by atoms with Gasteiger partial charge in [0.1, 0.15) is 6.04 Å². The summed E-state index contributed by atoms with van der Waals surface area (Å²) in [5.74, 6) is -2.30. The maximum absolute atomic E-state index is 12.1. The van der Waals surface area contributed by atoms with Gasteiger partial charge in [0, 0.05) is 39.0 Å². The predicted octanol–water partition coefficient (Wildman–Crippen LogP) is 5.60. The molecule has 0 saturated heterocycles. The van der Waals surface area contributed by atoms with Gasteiger partial charge in [0.05, 0.1) is 0 Å². The van der Waals surface area contributed by atoms with Crippen LogP contribution in [0, 0.1) is 0 Å². The number of hydrogen-bond donors (Lipinski definition) is 4. The summed E-state index contributed by atoms with van der Waals surface area (Å²) in [6.45, 7) is 3.82. The Morgan fingerprint density at radius 2 is 1.13 bits per heavy atom. The number of aliphatic carboxylic acids is 2. The Balaban J connectivity index is 3.63. The van der Waals surface area contributed by atoms with Crippen LogP contribution in [-0.2, 0) is 23.9 Å². The van der Waals surface area contributed by atoms with E-state index >= 15 is 0 Å². The summed E-state index contributed by atoms with van der Waals surface area (Å²) in [5.41, 5.74) is 0. The van der Waals surface area contributed by atoms with Gasteiger partial charge < -0.3 is 25.6 Å². The highest BCUT2D eigenvalue weighted by atomic mass is 16.5. The molecular weight excluding hydrogens is 488 g/mol. The minimum absolute atomic E-state index is 0.0572. The van der Waals surface area contributed by atoms with E-state index in [0.29, 0.717) is 32.6 Å². The first-order valence-electron chi connectivity index (χ1n) is 14.9. The van der Waals surface area contributed by atoms with E-state index in [1.54, 1.807) is 0 Å². The van der Waals surface area contributed by atoms with Crippen molar-refractivity contribution in [1.29, 1.82) is 0 Å². The molecule has 9 nitrogen and oxygen atoms in total. The first-order chi connectivity index (χ1) is 18.4. The maximum atomic E-state index is 12.1. The zero-order valence-corrected chi connectivity index (χ0v) is 23.8. The molecular formula is C29H54N2O7. The first-order valence-corrected chi connectivity index (χ1v) is 14.9. The number of carbonyl (C=O) groups excluding carboxylic acids is 2. The van der Waals surface area contributed by atoms with E-state index in [9.17, 15) is 24.3 Å². The van der Waals surface area contributed by atoms with Gasteiger partial charge in [0.25, 0.3) is 0 Å². The van der Waals surface area contributed by atoms with Crippen molar-refractivity contribution in [1.82, 2.24) is 10.6 Å². The molecule has 2 amide bonds. The zero-order valence-electron chi connectivity index (χ0n) is 23.8. The summed E-state index contributed by atoms with van der Waals surface area (Å²) in [6, 6.07) is -1.04. The van der Waals surface area contributed by atoms with Crippen LogP contribution in [-0.4, -0.2) is 59.8 Å². The number of hydrogen-bond acceptors (Lipinski definition) is 5. The van der Waals surface area contributed by atoms with Crippen LogP contribution < -0.4 is 10.6 Å². The molecule has 0 saturated carbocycles. The largest absolute Gasteiger partial charge is 0.481 e. The molecule has 1 atom stereocenters. The van der Waals surface area contributed by atoms with Crippen LogP contribution in [0.15, 0.2) is 0 Å². The molecule has 0 aliphatic carbocycles. The monoisotopic (exact) mass is 542 g/mol. The molecule has 38 heavy (non-hydrogen) atoms. The number of carboxylic acid groups (broad SMARTS) is 2. The number of carbonyl (C=O) groups is 4. The van der Waals surface area contributed by atoms with Crippen molar-refractivity contribution in [2.75, 3.05) is 19.8 Å². The van der Waals surface area contributed by atoms with E-state index in [4.69, 9.17) is 9.84 Å². The molecule has 0 aliphatic rings. The number of amides is 2. The molecule has 0 aliphatic heterocycles. The summed E-state index contributed by atoms with van der Waals surface area (Å²) < 4.78 is 5.35. The highest BCUT2D eigenvalue weighted by molar-refractivity contribution is 5.84. The third-order valence-corrected chi connectivity index (χ3v) is 6.47. The molecule has 0 unspecified atom stereocenters. The Kier molecular flexibility index (Phi) is 24.9. The molecule has 0 spiro atoms. The van der Waals surface area contributed by atoms with Gasteiger partial charge in [-0.1, -0.05) is 84.0 Å². The number of carboxylic acids is 2. The van der Waals surface area contributed by atoms with Gasteiger partial charge in [-0.15, -0.1) is 0 Å². The first kappa shape index (κ1) is 35.8. The van der Waals surface area contributed by atoms with Crippen LogP contribution in [0.25, 0.3) is 0 Å². The van der Waals surface area contributed by atoms with Crippen molar-refractivity contribution in [2.45, 2.75) is 141 Å². The van der Waals surface area contributed by atoms with Crippen LogP contribution in [0.5, 0.6) is 0 Å². The number of nitrogens with one attached hydrogen (secondary N) is 2. The van der Waals surface area contributed by atoms with Gasteiger partial charge in [-0.05, 0) is 32.1 Å². The normalized spacial score (nSPS) is 11.7. The third kappa shape index (κ3) is 25.5. The topological polar surface area (TPSA) is 142 Å². The summed E-state index contributed by atoms with van der Waals surface area (Å²) in [5, 5.41) is 23.3. The zero-order chi connectivity index (χ0) is 28.3. The molecule has 222 valence electrons. The molecule has 0 aromatic carbocycles. The van der Waals surface area contributed by atoms with Gasteiger partial charge in [-0.3, -0.25) is 14.4 Å². The Hall–Kier alpha value is -2.16. The number of unbranched alkanes of at least 4 members (excludes halogenated alkanes) is 13. The second-order valence-electron chi connectivity index (χ2n) is 10.2. The minimum Gasteiger partial charge on any atom is -0.481 e. The molecule has 0 aromatic rings. The van der Waals surface area contributed by atoms with Crippen molar-refractivity contribution < 1.29 is 34.1 Å². The van der Waals surface area contributed by atoms with Crippen LogP contribution in [0.4, 0.5) is 0 Å². The van der Waals surface area contributed by atoms with Gasteiger partial charge in [0.2, 0.25) is 11.8 Å². The Morgan fingerprint density at radius 1 is 0.632 bits per heavy atom. The van der Waals surface area contributed by atoms with Crippen molar-refractivity contribution in [3.8, 4) is 0 Å². The van der Waals surface area contributed by atoms with Gasteiger partial charge in [-0.25, -0.2) is 4.79 Å². The van der Waals surface area contributed by atoms with Gasteiger partial charge in [-0.2, -0.15) is 0 Å². The highest BCUT2D eigenvalue weighted by Gasteiger charge is 2.20. The smallest absolute Gasteiger partial charge is 0.326 e. The van der Waals surface area contributed by atoms with E-state index in [0.717, 1.165) is 51.4 Å². The van der Waals surface area contributed by atoms with Crippen molar-refractivity contribution >= 4 is 23.8 Å². The molecule has 0 rings (SSSR count). The van der Waals surface area contributed by atoms with E-state index in [-0.39, 0.29) is 31.1 Å². The lowest BCUT2D eigenvalue weighted by Crippen LogP contribution is -2.41. The van der Waals surface area contributed by atoms with E-state index in [2.05, 4.69) is 10.6 Å². The molecule has 0 heterocycles. The molecule has 0 bridgehead atoms. The maximum Gasteiger partial charge on any atom is 0.326 e. The van der Waals surface area contributed by atoms with Crippen LogP contribution in [0.3, 0.4) is 0 Å². The number of rotatable bonds is 28. The second kappa shape index (κ2) is 26.4. The lowest BCUT2D eigenvalue weighted by molar-refractivity contribution is -0.142. The molecule has 0 radical (unpaired) electrons. The van der Waals surface area contributed by atoms with Gasteiger partial charge >= 0.3 is 11.9 Å². The Bertz CT molecular complexity index is 628. The summed E-state index contributed by atoms with van der Waals surface area (Å²) in [6.07, 6.45) is 17.9. The minimum atomic E-state index is -1.12. The van der Waals surface area contributed by atoms with Crippen molar-refractivity contribution in [3.63, 3.8) is 0 Å². The standard InChI is InChI=1S/C29H54N2O7/c1-2-23-38-24-17-22-30-26(32)21-20-25(29(36)37)31-27(33)18-15-13-11-9-7-5-3-4-6-8-10-12-14-16-19-28(34)35/h25H,2-24H2,1H3,(H,30,32)(H,31,33)(H,34,35)(H,36,37)/t25-/m0/s1. The SMILES string of the molecule is CCCOCCCNC(=O)CC[C@H](NC(=O)CCCCCCCCCCCCCCCCC(=O)O)C(=O)O.